The van der Waals surface area contributed by atoms with Gasteiger partial charge >= 0.3 is 6.03 Å². The summed E-state index contributed by atoms with van der Waals surface area (Å²) in [5, 5.41) is 3.39. The predicted molar refractivity (Wildman–Crippen MR) is 93.7 cm³/mol. The van der Waals surface area contributed by atoms with Gasteiger partial charge in [0.25, 0.3) is 5.91 Å². The highest BCUT2D eigenvalue weighted by Crippen LogP contribution is 2.30. The molecule has 3 amide bonds. The summed E-state index contributed by atoms with van der Waals surface area (Å²) in [5.74, 6) is -0.482. The molecule has 0 radical (unpaired) electrons. The first-order chi connectivity index (χ1) is 12.4. The monoisotopic (exact) mass is 351 g/mol. The van der Waals surface area contributed by atoms with Crippen molar-refractivity contribution in [3.63, 3.8) is 0 Å². The first-order valence-electron chi connectivity index (χ1n) is 8.20. The first kappa shape index (κ1) is 16.1. The van der Waals surface area contributed by atoms with Crippen LogP contribution >= 0.6 is 0 Å². The van der Waals surface area contributed by atoms with E-state index in [1.807, 2.05) is 24.3 Å². The summed E-state index contributed by atoms with van der Waals surface area (Å²) in [6.07, 6.45) is 1.43. The molecule has 1 saturated heterocycles. The Morgan fingerprint density at radius 3 is 2.69 bits per heavy atom. The largest absolute Gasteiger partial charge is 0.466 e. The van der Waals surface area contributed by atoms with E-state index in [1.165, 1.54) is 6.26 Å². The molecule has 1 fully saturated rings. The molecule has 0 bridgehead atoms. The minimum atomic E-state index is -1.31. The van der Waals surface area contributed by atoms with E-state index in [9.17, 15) is 14.4 Å². The SMILES string of the molecule is Cc1[nH]c2ccccc2c1C(=O)CN1C(=O)N[C@@](C)(c2ccco2)C1=O. The van der Waals surface area contributed by atoms with Crippen LogP contribution in [0.25, 0.3) is 10.9 Å². The number of aromatic nitrogens is 1. The number of rotatable bonds is 4. The van der Waals surface area contributed by atoms with Crippen molar-refractivity contribution in [2.75, 3.05) is 6.54 Å². The summed E-state index contributed by atoms with van der Waals surface area (Å²) in [4.78, 5) is 42.1. The summed E-state index contributed by atoms with van der Waals surface area (Å²) in [6.45, 7) is 3.03. The Hall–Kier alpha value is -3.35. The summed E-state index contributed by atoms with van der Waals surface area (Å²) in [7, 11) is 0. The highest BCUT2D eigenvalue weighted by molar-refractivity contribution is 6.15. The lowest BCUT2D eigenvalue weighted by Crippen LogP contribution is -2.41. The molecule has 26 heavy (non-hydrogen) atoms. The first-order valence-corrected chi connectivity index (χ1v) is 8.20. The maximum Gasteiger partial charge on any atom is 0.325 e. The summed E-state index contributed by atoms with van der Waals surface area (Å²) in [5.41, 5.74) is 0.728. The highest BCUT2D eigenvalue weighted by atomic mass is 16.3. The van der Waals surface area contributed by atoms with Crippen LogP contribution in [-0.4, -0.2) is 34.2 Å². The molecule has 2 N–H and O–H groups in total. The molecule has 7 heteroatoms. The number of Topliss-reactive ketones (excluding diaryl/α,β-unsaturated/α-hetero) is 1. The number of carbonyl (C=O) groups is 3. The van der Waals surface area contributed by atoms with Crippen LogP contribution < -0.4 is 5.32 Å². The van der Waals surface area contributed by atoms with Crippen molar-refractivity contribution >= 4 is 28.6 Å². The van der Waals surface area contributed by atoms with Crippen molar-refractivity contribution in [2.24, 2.45) is 0 Å². The lowest BCUT2D eigenvalue weighted by molar-refractivity contribution is -0.131. The number of carbonyl (C=O) groups excluding carboxylic acids is 3. The number of hydrogen-bond donors (Lipinski definition) is 2. The maximum atomic E-state index is 12.9. The van der Waals surface area contributed by atoms with Crippen LogP contribution in [-0.2, 0) is 10.3 Å². The van der Waals surface area contributed by atoms with Crippen LogP contribution in [0.2, 0.25) is 0 Å². The van der Waals surface area contributed by atoms with Crippen molar-refractivity contribution in [1.29, 1.82) is 0 Å². The van der Waals surface area contributed by atoms with Gasteiger partial charge in [-0.3, -0.25) is 14.5 Å². The topological polar surface area (TPSA) is 95.4 Å². The van der Waals surface area contributed by atoms with E-state index in [0.29, 0.717) is 17.0 Å². The quantitative estimate of drug-likeness (QED) is 0.558. The highest BCUT2D eigenvalue weighted by Gasteiger charge is 2.51. The van der Waals surface area contributed by atoms with Crippen LogP contribution in [0.4, 0.5) is 4.79 Å². The van der Waals surface area contributed by atoms with Crippen LogP contribution in [0, 0.1) is 6.92 Å². The van der Waals surface area contributed by atoms with Gasteiger partial charge in [0.2, 0.25) is 0 Å². The number of hydrogen-bond acceptors (Lipinski definition) is 4. The Morgan fingerprint density at radius 2 is 1.96 bits per heavy atom. The zero-order valence-electron chi connectivity index (χ0n) is 14.3. The van der Waals surface area contributed by atoms with Gasteiger partial charge in [0.15, 0.2) is 11.3 Å². The second kappa shape index (κ2) is 5.59. The molecular weight excluding hydrogens is 334 g/mol. The molecule has 0 saturated carbocycles. The molecule has 4 rings (SSSR count). The number of amides is 3. The fraction of sp³-hybridized carbons (Fsp3) is 0.211. The van der Waals surface area contributed by atoms with E-state index < -0.39 is 17.5 Å². The Morgan fingerprint density at radius 1 is 1.19 bits per heavy atom. The number of nitrogens with zero attached hydrogens (tertiary/aromatic N) is 1. The third-order valence-electron chi connectivity index (χ3n) is 4.76. The number of nitrogens with one attached hydrogen (secondary N) is 2. The van der Waals surface area contributed by atoms with Crippen LogP contribution in [0.1, 0.15) is 28.7 Å². The van der Waals surface area contributed by atoms with Gasteiger partial charge in [0.1, 0.15) is 5.76 Å². The van der Waals surface area contributed by atoms with Crippen molar-refractivity contribution in [2.45, 2.75) is 19.4 Å². The molecule has 0 unspecified atom stereocenters. The second-order valence-corrected chi connectivity index (χ2v) is 6.52. The molecule has 0 spiro atoms. The van der Waals surface area contributed by atoms with Gasteiger partial charge in [-0.1, -0.05) is 18.2 Å². The summed E-state index contributed by atoms with van der Waals surface area (Å²) < 4.78 is 5.29. The molecule has 7 nitrogen and oxygen atoms in total. The number of imide groups is 1. The molecule has 1 atom stereocenters. The second-order valence-electron chi connectivity index (χ2n) is 6.52. The summed E-state index contributed by atoms with van der Waals surface area (Å²) in [6, 6.07) is 10.1. The molecule has 1 aliphatic heterocycles. The van der Waals surface area contributed by atoms with Gasteiger partial charge in [0, 0.05) is 22.2 Å². The van der Waals surface area contributed by atoms with Gasteiger partial charge in [-0.25, -0.2) is 4.79 Å². The van der Waals surface area contributed by atoms with Crippen molar-refractivity contribution in [3.8, 4) is 0 Å². The van der Waals surface area contributed by atoms with Gasteiger partial charge < -0.3 is 14.7 Å². The van der Waals surface area contributed by atoms with Crippen LogP contribution in [0.3, 0.4) is 0 Å². The van der Waals surface area contributed by atoms with Gasteiger partial charge in [0.05, 0.1) is 12.8 Å². The van der Waals surface area contributed by atoms with Gasteiger partial charge in [-0.15, -0.1) is 0 Å². The van der Waals surface area contributed by atoms with Crippen molar-refractivity contribution < 1.29 is 18.8 Å². The lowest BCUT2D eigenvalue weighted by atomic mass is 9.99. The number of fused-ring (bicyclic) bond motifs is 1. The van der Waals surface area contributed by atoms with Crippen molar-refractivity contribution in [3.05, 3.63) is 59.7 Å². The number of benzene rings is 1. The Bertz CT molecular complexity index is 1030. The van der Waals surface area contributed by atoms with E-state index in [2.05, 4.69) is 10.3 Å². The van der Waals surface area contributed by atoms with E-state index in [4.69, 9.17) is 4.42 Å². The fourth-order valence-corrected chi connectivity index (χ4v) is 3.43. The number of para-hydroxylation sites is 1. The number of aromatic amines is 1. The van der Waals surface area contributed by atoms with E-state index >= 15 is 0 Å². The smallest absolute Gasteiger partial charge is 0.325 e. The molecule has 3 aromatic rings. The van der Waals surface area contributed by atoms with Crippen molar-refractivity contribution in [1.82, 2.24) is 15.2 Å². The minimum Gasteiger partial charge on any atom is -0.466 e. The normalized spacial score (nSPS) is 20.0. The van der Waals surface area contributed by atoms with E-state index in [0.717, 1.165) is 15.8 Å². The average Bonchev–Trinajstić information content (AvgIpc) is 3.29. The summed E-state index contributed by atoms with van der Waals surface area (Å²) >= 11 is 0. The molecular formula is C19H17N3O4. The standard InChI is InChI=1S/C19H17N3O4/c1-11-16(12-6-3-4-7-13(12)20-11)14(23)10-22-17(24)19(2,21-18(22)25)15-8-5-9-26-15/h3-9,20H,10H2,1-2H3,(H,21,25)/t19-/m0/s1. The fourth-order valence-electron chi connectivity index (χ4n) is 3.43. The Labute approximate surface area is 149 Å². The Balaban J connectivity index is 1.65. The van der Waals surface area contributed by atoms with E-state index in [1.54, 1.807) is 26.0 Å². The van der Waals surface area contributed by atoms with Crippen LogP contribution in [0.15, 0.2) is 47.1 Å². The maximum absolute atomic E-state index is 12.9. The predicted octanol–water partition coefficient (Wildman–Crippen LogP) is 2.72. The number of furan rings is 1. The Kier molecular flexibility index (Phi) is 3.47. The molecule has 132 valence electrons. The number of urea groups is 1. The molecule has 1 aliphatic rings. The minimum absolute atomic E-state index is 0.299. The zero-order chi connectivity index (χ0) is 18.5. The number of aryl methyl sites for hydroxylation is 1. The lowest BCUT2D eigenvalue weighted by Gasteiger charge is -2.18. The van der Waals surface area contributed by atoms with Gasteiger partial charge in [-0.2, -0.15) is 0 Å². The van der Waals surface area contributed by atoms with E-state index in [-0.39, 0.29) is 12.3 Å². The molecule has 0 aliphatic carbocycles. The molecule has 2 aromatic heterocycles. The number of ketones is 1. The number of H-pyrrole nitrogens is 1. The molecule has 3 heterocycles. The third-order valence-corrected chi connectivity index (χ3v) is 4.76. The van der Waals surface area contributed by atoms with Gasteiger partial charge in [-0.05, 0) is 32.0 Å². The third kappa shape index (κ3) is 2.24. The average molecular weight is 351 g/mol. The molecule has 1 aromatic carbocycles. The van der Waals surface area contributed by atoms with Crippen LogP contribution in [0.5, 0.6) is 0 Å². The zero-order valence-corrected chi connectivity index (χ0v) is 14.3.